The van der Waals surface area contributed by atoms with Gasteiger partial charge >= 0.3 is 0 Å². The molecule has 6 nitrogen and oxygen atoms in total. The van der Waals surface area contributed by atoms with E-state index in [1.165, 1.54) is 0 Å². The summed E-state index contributed by atoms with van der Waals surface area (Å²) in [4.78, 5) is 8.30. The molecule has 61 heavy (non-hydrogen) atoms. The Balaban J connectivity index is 0.00000547. The number of fused-ring (bicyclic) bond motifs is 8. The Morgan fingerprint density at radius 1 is 0.607 bits per heavy atom. The molecule has 1 aliphatic rings. The predicted molar refractivity (Wildman–Crippen MR) is 242 cm³/mol. The van der Waals surface area contributed by atoms with E-state index in [9.17, 15) is 0 Å². The maximum absolute atomic E-state index is 9.04. The van der Waals surface area contributed by atoms with E-state index in [4.69, 9.17) is 27.8 Å². The molecule has 1 aliphatic heterocycles. The van der Waals surface area contributed by atoms with Crippen LogP contribution in [0.3, 0.4) is 0 Å². The average Bonchev–Trinajstić information content (AvgIpc) is 4.07. The summed E-state index contributed by atoms with van der Waals surface area (Å²) in [5.41, 5.74) is 4.83. The third-order valence-corrected chi connectivity index (χ3v) is 10.7. The van der Waals surface area contributed by atoms with E-state index >= 15 is 0 Å². The Labute approximate surface area is 380 Å². The summed E-state index contributed by atoms with van der Waals surface area (Å²) >= 11 is 0. The minimum absolute atomic E-state index is 0. The molecular formula is C54H33N4O2Pt-3. The van der Waals surface area contributed by atoms with Crippen molar-refractivity contribution in [1.82, 2.24) is 9.55 Å². The van der Waals surface area contributed by atoms with Gasteiger partial charge in [0.1, 0.15) is 11.4 Å². The molecule has 0 bridgehead atoms. The Kier molecular flexibility index (Phi) is 6.73. The molecule has 0 atom stereocenters. The molecule has 0 saturated heterocycles. The van der Waals surface area contributed by atoms with Crippen LogP contribution in [0.15, 0.2) is 198 Å². The van der Waals surface area contributed by atoms with Gasteiger partial charge in [0, 0.05) is 72.1 Å². The third kappa shape index (κ3) is 6.02. The van der Waals surface area contributed by atoms with Crippen molar-refractivity contribution in [2.75, 3.05) is 9.80 Å². The molecule has 12 rings (SSSR count). The molecule has 8 aromatic carbocycles. The number of hydrogen-bond donors (Lipinski definition) is 0. The standard InChI is InChI=1S/C54H33N4O2.Pt/c1-3-17-36(18-4-1)40-25-16-26-41(37-19-5-2-6-20-37)53(40)57-35-56(45-28-10-11-29-46(45)57)38-21-15-22-39(33-38)59-49-34-47-51(52-43-24-8-12-30-48(43)60-54(49)52)42-23-7-9-27-44(42)58(47)50-31-13-14-32-55-50;/h1-32,35H;/q-3;/i1D,2D,3D,4D,5D,6D,17D,18D,19D,20D;. The summed E-state index contributed by atoms with van der Waals surface area (Å²) in [6.07, 6.45) is 1.75. The number of para-hydroxylation sites is 5. The van der Waals surface area contributed by atoms with E-state index in [2.05, 4.69) is 22.8 Å². The van der Waals surface area contributed by atoms with Crippen LogP contribution in [0.2, 0.25) is 0 Å². The number of ether oxygens (including phenoxy) is 1. The smallest absolute Gasteiger partial charge is 0.135 e. The second-order valence-corrected chi connectivity index (χ2v) is 14.1. The quantitative estimate of drug-likeness (QED) is 0.149. The number of hydrogen-bond acceptors (Lipinski definition) is 5. The molecule has 0 spiro atoms. The Morgan fingerprint density at radius 2 is 1.26 bits per heavy atom. The van der Waals surface area contributed by atoms with Crippen LogP contribution < -0.4 is 14.5 Å². The second-order valence-electron chi connectivity index (χ2n) is 14.1. The molecule has 0 unspecified atom stereocenters. The first-order valence-electron chi connectivity index (χ1n) is 24.1. The van der Waals surface area contributed by atoms with Crippen molar-refractivity contribution in [2.24, 2.45) is 0 Å². The van der Waals surface area contributed by atoms with E-state index in [-0.39, 0.29) is 49.0 Å². The number of pyridine rings is 1. The van der Waals surface area contributed by atoms with E-state index in [1.807, 2.05) is 102 Å². The molecule has 294 valence electrons. The zero-order valence-corrected chi connectivity index (χ0v) is 34.0. The number of aromatic nitrogens is 2. The van der Waals surface area contributed by atoms with Gasteiger partial charge in [0.25, 0.3) is 0 Å². The molecule has 0 fully saturated rings. The van der Waals surface area contributed by atoms with E-state index in [1.54, 1.807) is 42.0 Å². The molecule has 0 amide bonds. The fourth-order valence-corrected chi connectivity index (χ4v) is 8.23. The third-order valence-electron chi connectivity index (χ3n) is 10.7. The summed E-state index contributed by atoms with van der Waals surface area (Å²) < 4.78 is 103. The minimum atomic E-state index is -0.571. The van der Waals surface area contributed by atoms with Gasteiger partial charge in [-0.15, -0.1) is 36.6 Å². The van der Waals surface area contributed by atoms with Crippen LogP contribution in [0, 0.1) is 18.8 Å². The normalized spacial score (nSPS) is 14.6. The second kappa shape index (κ2) is 15.0. The Hall–Kier alpha value is -7.40. The first-order chi connectivity index (χ1) is 33.9. The largest absolute Gasteiger partial charge is 0.512 e. The molecule has 3 aromatic heterocycles. The van der Waals surface area contributed by atoms with E-state index < -0.39 is 60.4 Å². The molecule has 0 aliphatic carbocycles. The predicted octanol–water partition coefficient (Wildman–Crippen LogP) is 14.2. The van der Waals surface area contributed by atoms with Crippen molar-refractivity contribution in [1.29, 1.82) is 0 Å². The summed E-state index contributed by atoms with van der Waals surface area (Å²) in [6.45, 7) is 1.73. The monoisotopic (exact) mass is 974 g/mol. The van der Waals surface area contributed by atoms with Gasteiger partial charge in [-0.2, -0.15) is 6.07 Å². The fraction of sp³-hybridized carbons (Fsp3) is 0. The van der Waals surface area contributed by atoms with E-state index in [0.717, 1.165) is 32.6 Å². The molecule has 11 aromatic rings. The molecule has 0 N–H and O–H groups in total. The average molecular weight is 975 g/mol. The first-order valence-corrected chi connectivity index (χ1v) is 19.1. The summed E-state index contributed by atoms with van der Waals surface area (Å²) in [5, 5.41) is 3.68. The van der Waals surface area contributed by atoms with Crippen LogP contribution in [-0.4, -0.2) is 9.55 Å². The minimum Gasteiger partial charge on any atom is -0.512 e. The van der Waals surface area contributed by atoms with Gasteiger partial charge in [0.15, 0.2) is 0 Å². The fourth-order valence-electron chi connectivity index (χ4n) is 8.23. The number of nitrogens with zero attached hydrogens (tertiary/aromatic N) is 4. The maximum Gasteiger partial charge on any atom is 0.135 e. The molecule has 0 saturated carbocycles. The number of benzene rings is 8. The van der Waals surface area contributed by atoms with Crippen molar-refractivity contribution >= 4 is 66.5 Å². The van der Waals surface area contributed by atoms with Gasteiger partial charge in [-0.3, -0.25) is 0 Å². The zero-order valence-electron chi connectivity index (χ0n) is 41.7. The van der Waals surface area contributed by atoms with Gasteiger partial charge in [0.05, 0.1) is 25.0 Å². The van der Waals surface area contributed by atoms with Gasteiger partial charge in [0.2, 0.25) is 0 Å². The Bertz CT molecular complexity index is 3870. The van der Waals surface area contributed by atoms with Crippen LogP contribution in [0.1, 0.15) is 13.7 Å². The van der Waals surface area contributed by atoms with Gasteiger partial charge in [-0.05, 0) is 52.9 Å². The van der Waals surface area contributed by atoms with E-state index in [0.29, 0.717) is 45.5 Å². The van der Waals surface area contributed by atoms with Crippen LogP contribution in [0.4, 0.5) is 22.7 Å². The van der Waals surface area contributed by atoms with Gasteiger partial charge in [-0.1, -0.05) is 150 Å². The molecule has 7 heteroatoms. The number of rotatable bonds is 7. The zero-order chi connectivity index (χ0) is 48.3. The van der Waals surface area contributed by atoms with Crippen LogP contribution in [0.5, 0.6) is 11.5 Å². The van der Waals surface area contributed by atoms with Crippen molar-refractivity contribution in [3.8, 4) is 39.6 Å². The van der Waals surface area contributed by atoms with Crippen molar-refractivity contribution in [3.05, 3.63) is 213 Å². The van der Waals surface area contributed by atoms with Crippen LogP contribution in [-0.2, 0) is 21.1 Å². The Morgan fingerprint density at radius 3 is 2.00 bits per heavy atom. The summed E-state index contributed by atoms with van der Waals surface area (Å²) in [7, 11) is 0. The molecule has 4 heterocycles. The van der Waals surface area contributed by atoms with Gasteiger partial charge < -0.3 is 23.5 Å². The first kappa shape index (κ1) is 27.4. The summed E-state index contributed by atoms with van der Waals surface area (Å²) in [6, 6.07) is 41.1. The summed E-state index contributed by atoms with van der Waals surface area (Å²) in [5.74, 6) is 1.33. The number of anilines is 4. The molecular weight excluding hydrogens is 932 g/mol. The molecule has 0 radical (unpaired) electrons. The maximum atomic E-state index is 9.04. The van der Waals surface area contributed by atoms with Crippen molar-refractivity contribution < 1.29 is 43.9 Å². The van der Waals surface area contributed by atoms with Crippen molar-refractivity contribution in [2.45, 2.75) is 0 Å². The van der Waals surface area contributed by atoms with Gasteiger partial charge in [-0.25, -0.2) is 4.98 Å². The van der Waals surface area contributed by atoms with Crippen molar-refractivity contribution in [3.63, 3.8) is 0 Å². The van der Waals surface area contributed by atoms with Crippen LogP contribution in [0.25, 0.3) is 71.8 Å². The topological polar surface area (TPSA) is 46.7 Å². The SMILES string of the molecule is [2H]c1c([2H])c([2H])c(-c2cccc(-c3c([2H])c([2H])c([2H])c([2H])c3[2H])c2N2[CH-]N(c3[c-]c(Oc4[c-]c5c(c6ccccc6n5-c5ccccn5)c5c4oc4ccccc45)ccc3)c3ccccc32)c([2H])c1[2H].[Pt]. The van der Waals surface area contributed by atoms with Crippen LogP contribution >= 0.6 is 0 Å². The number of furan rings is 1.